The molecule has 1 atom stereocenters. The molecule has 1 rings (SSSR count). The fraction of sp³-hybridized carbons (Fsp3) is 1.00. The third-order valence-electron chi connectivity index (χ3n) is 2.69. The van der Waals surface area contributed by atoms with Crippen molar-refractivity contribution < 1.29 is 0 Å². The van der Waals surface area contributed by atoms with E-state index >= 15 is 0 Å². The Morgan fingerprint density at radius 2 is 2.00 bits per heavy atom. The van der Waals surface area contributed by atoms with E-state index < -0.39 is 0 Å². The van der Waals surface area contributed by atoms with Crippen molar-refractivity contribution in [3.63, 3.8) is 0 Å². The van der Waals surface area contributed by atoms with E-state index in [4.69, 9.17) is 0 Å². The van der Waals surface area contributed by atoms with E-state index in [2.05, 4.69) is 30.7 Å². The Morgan fingerprint density at radius 1 is 1.27 bits per heavy atom. The maximum atomic E-state index is 2.58. The molecule has 1 saturated heterocycles. The summed E-state index contributed by atoms with van der Waals surface area (Å²) < 4.78 is 0. The van der Waals surface area contributed by atoms with Crippen molar-refractivity contribution in [2.45, 2.75) is 26.3 Å². The Labute approximate surface area is 70.2 Å². The molecule has 0 spiro atoms. The van der Waals surface area contributed by atoms with Crippen LogP contribution in [0.3, 0.4) is 0 Å². The van der Waals surface area contributed by atoms with Gasteiger partial charge in [0.1, 0.15) is 0 Å². The van der Waals surface area contributed by atoms with Crippen molar-refractivity contribution in [1.82, 2.24) is 9.80 Å². The van der Waals surface area contributed by atoms with Crippen LogP contribution in [0.4, 0.5) is 0 Å². The predicted octanol–water partition coefficient (Wildman–Crippen LogP) is 1.03. The molecule has 1 aliphatic heterocycles. The second-order valence-electron chi connectivity index (χ2n) is 3.45. The minimum Gasteiger partial charge on any atom is -0.304 e. The average Bonchev–Trinajstić information content (AvgIpc) is 2.04. The lowest BCUT2D eigenvalue weighted by Gasteiger charge is -2.39. The van der Waals surface area contributed by atoms with E-state index in [1.165, 1.54) is 32.6 Å². The van der Waals surface area contributed by atoms with Gasteiger partial charge in [0.25, 0.3) is 0 Å². The van der Waals surface area contributed by atoms with Crippen molar-refractivity contribution in [2.24, 2.45) is 0 Å². The molecule has 0 amide bonds. The first-order chi connectivity index (χ1) is 5.27. The van der Waals surface area contributed by atoms with Crippen molar-refractivity contribution >= 4 is 0 Å². The molecule has 1 fully saturated rings. The third-order valence-corrected chi connectivity index (χ3v) is 2.69. The van der Waals surface area contributed by atoms with Gasteiger partial charge in [-0.15, -0.1) is 0 Å². The number of hydrogen-bond donors (Lipinski definition) is 0. The standard InChI is InChI=1S/C9H20N2/c1-4-9-8-10(3)6-7-11(9)5-2/h9H,4-8H2,1-3H3/t9-/m1/s1. The summed E-state index contributed by atoms with van der Waals surface area (Å²) in [6.07, 6.45) is 1.29. The number of hydrogen-bond acceptors (Lipinski definition) is 2. The van der Waals surface area contributed by atoms with Crippen LogP contribution >= 0.6 is 0 Å². The zero-order valence-corrected chi connectivity index (χ0v) is 8.01. The molecule has 66 valence electrons. The molecule has 0 saturated carbocycles. The maximum absolute atomic E-state index is 2.58. The lowest BCUT2D eigenvalue weighted by atomic mass is 10.1. The molecule has 1 heterocycles. The highest BCUT2D eigenvalue weighted by molar-refractivity contribution is 4.78. The van der Waals surface area contributed by atoms with Crippen LogP contribution in [-0.4, -0.2) is 49.1 Å². The van der Waals surface area contributed by atoms with Gasteiger partial charge in [-0.25, -0.2) is 0 Å². The minimum atomic E-state index is 0.804. The summed E-state index contributed by atoms with van der Waals surface area (Å²) in [5.41, 5.74) is 0. The summed E-state index contributed by atoms with van der Waals surface area (Å²) in [6.45, 7) is 9.51. The smallest absolute Gasteiger partial charge is 0.0220 e. The summed E-state index contributed by atoms with van der Waals surface area (Å²) in [5, 5.41) is 0. The van der Waals surface area contributed by atoms with Crippen molar-refractivity contribution in [1.29, 1.82) is 0 Å². The lowest BCUT2D eigenvalue weighted by molar-refractivity contribution is 0.0927. The Morgan fingerprint density at radius 3 is 2.55 bits per heavy atom. The Hall–Kier alpha value is -0.0800. The monoisotopic (exact) mass is 156 g/mol. The van der Waals surface area contributed by atoms with E-state index in [0.29, 0.717) is 0 Å². The molecule has 0 bridgehead atoms. The highest BCUT2D eigenvalue weighted by atomic mass is 15.3. The zero-order valence-electron chi connectivity index (χ0n) is 8.01. The number of rotatable bonds is 2. The van der Waals surface area contributed by atoms with Gasteiger partial charge in [0.05, 0.1) is 0 Å². The van der Waals surface area contributed by atoms with Crippen LogP contribution in [0.1, 0.15) is 20.3 Å². The fourth-order valence-corrected chi connectivity index (χ4v) is 1.85. The van der Waals surface area contributed by atoms with Crippen molar-refractivity contribution in [3.05, 3.63) is 0 Å². The first kappa shape index (κ1) is 9.01. The number of piperazine rings is 1. The van der Waals surface area contributed by atoms with E-state index in [1.54, 1.807) is 0 Å². The molecule has 0 unspecified atom stereocenters. The van der Waals surface area contributed by atoms with Gasteiger partial charge < -0.3 is 4.90 Å². The van der Waals surface area contributed by atoms with Gasteiger partial charge >= 0.3 is 0 Å². The Bertz CT molecular complexity index is 114. The van der Waals surface area contributed by atoms with E-state index in [9.17, 15) is 0 Å². The molecule has 0 aromatic carbocycles. The Kier molecular flexibility index (Phi) is 3.34. The molecule has 0 radical (unpaired) electrons. The lowest BCUT2D eigenvalue weighted by Crippen LogP contribution is -2.51. The van der Waals surface area contributed by atoms with Gasteiger partial charge in [-0.3, -0.25) is 4.90 Å². The summed E-state index contributed by atoms with van der Waals surface area (Å²) in [7, 11) is 2.22. The molecule has 0 N–H and O–H groups in total. The molecular formula is C9H20N2. The molecule has 0 aromatic heterocycles. The van der Waals surface area contributed by atoms with Crippen molar-refractivity contribution in [2.75, 3.05) is 33.2 Å². The van der Waals surface area contributed by atoms with E-state index in [-0.39, 0.29) is 0 Å². The minimum absolute atomic E-state index is 0.804. The van der Waals surface area contributed by atoms with Crippen LogP contribution in [0, 0.1) is 0 Å². The average molecular weight is 156 g/mol. The summed E-state index contributed by atoms with van der Waals surface area (Å²) in [4.78, 5) is 5.01. The van der Waals surface area contributed by atoms with Gasteiger partial charge in [-0.05, 0) is 20.0 Å². The molecule has 2 heteroatoms. The van der Waals surface area contributed by atoms with Crippen LogP contribution < -0.4 is 0 Å². The van der Waals surface area contributed by atoms with Gasteiger partial charge in [0, 0.05) is 25.7 Å². The first-order valence-corrected chi connectivity index (χ1v) is 4.70. The first-order valence-electron chi connectivity index (χ1n) is 4.70. The molecule has 0 aromatic rings. The normalized spacial score (nSPS) is 29.2. The number of likely N-dealkylation sites (N-methyl/N-ethyl adjacent to an activating group) is 2. The summed E-state index contributed by atoms with van der Waals surface area (Å²) >= 11 is 0. The van der Waals surface area contributed by atoms with Gasteiger partial charge in [-0.1, -0.05) is 13.8 Å². The SMILES string of the molecule is CC[C@@H]1CN(C)CCN1CC. The molecular weight excluding hydrogens is 136 g/mol. The van der Waals surface area contributed by atoms with E-state index in [0.717, 1.165) is 6.04 Å². The molecule has 0 aliphatic carbocycles. The highest BCUT2D eigenvalue weighted by Crippen LogP contribution is 2.10. The predicted molar refractivity (Wildman–Crippen MR) is 48.8 cm³/mol. The summed E-state index contributed by atoms with van der Waals surface area (Å²) in [6, 6.07) is 0.804. The largest absolute Gasteiger partial charge is 0.304 e. The maximum Gasteiger partial charge on any atom is 0.0220 e. The third kappa shape index (κ3) is 2.17. The van der Waals surface area contributed by atoms with Crippen LogP contribution in [0.2, 0.25) is 0 Å². The topological polar surface area (TPSA) is 6.48 Å². The fourth-order valence-electron chi connectivity index (χ4n) is 1.85. The molecule has 1 aliphatic rings. The number of nitrogens with zero attached hydrogens (tertiary/aromatic N) is 2. The van der Waals surface area contributed by atoms with E-state index in [1.807, 2.05) is 0 Å². The summed E-state index contributed by atoms with van der Waals surface area (Å²) in [5.74, 6) is 0. The van der Waals surface area contributed by atoms with Crippen molar-refractivity contribution in [3.8, 4) is 0 Å². The highest BCUT2D eigenvalue weighted by Gasteiger charge is 2.21. The van der Waals surface area contributed by atoms with Crippen LogP contribution in [-0.2, 0) is 0 Å². The molecule has 11 heavy (non-hydrogen) atoms. The Balaban J connectivity index is 2.41. The van der Waals surface area contributed by atoms with Crippen LogP contribution in [0.15, 0.2) is 0 Å². The van der Waals surface area contributed by atoms with Gasteiger partial charge in [0.15, 0.2) is 0 Å². The second-order valence-corrected chi connectivity index (χ2v) is 3.45. The van der Waals surface area contributed by atoms with Gasteiger partial charge in [0.2, 0.25) is 0 Å². The van der Waals surface area contributed by atoms with Gasteiger partial charge in [-0.2, -0.15) is 0 Å². The zero-order chi connectivity index (χ0) is 8.27. The quantitative estimate of drug-likeness (QED) is 0.589. The molecule has 2 nitrogen and oxygen atoms in total. The van der Waals surface area contributed by atoms with Crippen LogP contribution in [0.25, 0.3) is 0 Å². The second kappa shape index (κ2) is 4.07. The van der Waals surface area contributed by atoms with Crippen LogP contribution in [0.5, 0.6) is 0 Å².